The summed E-state index contributed by atoms with van der Waals surface area (Å²) in [7, 11) is 1.61. The molecule has 0 radical (unpaired) electrons. The van der Waals surface area contributed by atoms with Gasteiger partial charge in [-0.15, -0.1) is 0 Å². The van der Waals surface area contributed by atoms with Crippen LogP contribution in [0, 0.1) is 12.7 Å². The Labute approximate surface area is 210 Å². The van der Waals surface area contributed by atoms with Gasteiger partial charge in [0.25, 0.3) is 5.92 Å². The molecule has 0 unspecified atom stereocenters. The lowest BCUT2D eigenvalue weighted by molar-refractivity contribution is 0.0136. The molecule has 3 heterocycles. The Kier molecular flexibility index (Phi) is 7.41. The van der Waals surface area contributed by atoms with Gasteiger partial charge in [-0.2, -0.15) is 4.98 Å². The fraction of sp³-hybridized carbons (Fsp3) is 0.519. The van der Waals surface area contributed by atoms with Gasteiger partial charge in [0.1, 0.15) is 17.5 Å². The Morgan fingerprint density at radius 1 is 1.11 bits per heavy atom. The van der Waals surface area contributed by atoms with E-state index >= 15 is 4.39 Å². The van der Waals surface area contributed by atoms with Gasteiger partial charge in [-0.05, 0) is 65.6 Å². The van der Waals surface area contributed by atoms with Crippen LogP contribution in [0.4, 0.5) is 19.0 Å². The monoisotopic (exact) mass is 501 g/mol. The quantitative estimate of drug-likeness (QED) is 0.407. The van der Waals surface area contributed by atoms with Crippen LogP contribution in [0.3, 0.4) is 0 Å². The first kappa shape index (κ1) is 26.1. The first-order valence-electron chi connectivity index (χ1n) is 12.4. The van der Waals surface area contributed by atoms with E-state index in [0.29, 0.717) is 41.5 Å². The van der Waals surface area contributed by atoms with Crippen molar-refractivity contribution < 1.29 is 17.9 Å². The van der Waals surface area contributed by atoms with Crippen molar-refractivity contribution in [2.24, 2.45) is 0 Å². The van der Waals surface area contributed by atoms with Gasteiger partial charge in [-0.1, -0.05) is 18.2 Å². The molecule has 194 valence electrons. The van der Waals surface area contributed by atoms with Crippen LogP contribution in [0.2, 0.25) is 0 Å². The number of ether oxygens (including phenoxy) is 1. The minimum absolute atomic E-state index is 0.140. The highest BCUT2D eigenvalue weighted by molar-refractivity contribution is 5.88. The number of methoxy groups -OCH3 is 1. The smallest absolute Gasteiger partial charge is 0.273 e. The van der Waals surface area contributed by atoms with Crippen molar-refractivity contribution >= 4 is 16.9 Å². The van der Waals surface area contributed by atoms with E-state index in [9.17, 15) is 8.78 Å². The van der Waals surface area contributed by atoms with E-state index in [2.05, 4.69) is 39.0 Å². The van der Waals surface area contributed by atoms with Gasteiger partial charge in [0.05, 0.1) is 24.1 Å². The number of rotatable bonds is 7. The number of benzene rings is 1. The lowest BCUT2D eigenvalue weighted by Gasteiger charge is -2.35. The summed E-state index contributed by atoms with van der Waals surface area (Å²) >= 11 is 0. The number of alkyl halides is 2. The fourth-order valence-corrected chi connectivity index (χ4v) is 4.96. The van der Waals surface area contributed by atoms with E-state index < -0.39 is 23.3 Å². The van der Waals surface area contributed by atoms with Gasteiger partial charge in [-0.25, -0.2) is 23.1 Å². The Bertz CT molecular complexity index is 1240. The molecule has 1 aliphatic heterocycles. The van der Waals surface area contributed by atoms with Crippen LogP contribution in [-0.2, 0) is 5.92 Å². The third-order valence-corrected chi connectivity index (χ3v) is 7.01. The molecule has 4 rings (SSSR count). The van der Waals surface area contributed by atoms with E-state index in [-0.39, 0.29) is 11.5 Å². The molecule has 0 spiro atoms. The first-order valence-corrected chi connectivity index (χ1v) is 12.4. The largest absolute Gasteiger partial charge is 0.481 e. The van der Waals surface area contributed by atoms with Crippen molar-refractivity contribution in [2.75, 3.05) is 25.5 Å². The number of pyridine rings is 1. The maximum Gasteiger partial charge on any atom is 0.273 e. The van der Waals surface area contributed by atoms with Crippen LogP contribution in [0.5, 0.6) is 5.88 Å². The lowest BCUT2D eigenvalue weighted by atomic mass is 9.89. The molecular formula is C27H34F3N5O. The van der Waals surface area contributed by atoms with Gasteiger partial charge in [-0.3, -0.25) is 0 Å². The van der Waals surface area contributed by atoms with Gasteiger partial charge < -0.3 is 15.0 Å². The first-order chi connectivity index (χ1) is 17.0. The molecule has 36 heavy (non-hydrogen) atoms. The third kappa shape index (κ3) is 5.26. The van der Waals surface area contributed by atoms with Crippen LogP contribution in [-0.4, -0.2) is 46.1 Å². The SMILES string of the molecule is COc1nc2nc(C)nc(N[C@H](C)c3cccc(C(C)(F)F)c3F)c2cc1C1CCN(C(C)C)CC1. The molecule has 1 aromatic carbocycles. The normalized spacial score (nSPS) is 16.5. The molecule has 0 bridgehead atoms. The summed E-state index contributed by atoms with van der Waals surface area (Å²) in [6.45, 7) is 10.6. The minimum atomic E-state index is -3.28. The molecule has 2 aromatic heterocycles. The second-order valence-electron chi connectivity index (χ2n) is 9.94. The number of hydrogen-bond donors (Lipinski definition) is 1. The molecule has 9 heteroatoms. The number of nitrogens with zero attached hydrogens (tertiary/aromatic N) is 4. The summed E-state index contributed by atoms with van der Waals surface area (Å²) in [5, 5.41) is 3.91. The number of likely N-dealkylation sites (tertiary alicyclic amines) is 1. The van der Waals surface area contributed by atoms with Crippen molar-refractivity contribution in [1.82, 2.24) is 19.9 Å². The van der Waals surface area contributed by atoms with Gasteiger partial charge >= 0.3 is 0 Å². The molecule has 0 saturated carbocycles. The van der Waals surface area contributed by atoms with Crippen molar-refractivity contribution in [3.8, 4) is 5.88 Å². The van der Waals surface area contributed by atoms with E-state index in [1.54, 1.807) is 21.0 Å². The van der Waals surface area contributed by atoms with E-state index in [0.717, 1.165) is 37.6 Å². The highest BCUT2D eigenvalue weighted by atomic mass is 19.3. The average Bonchev–Trinajstić information content (AvgIpc) is 2.82. The zero-order valence-corrected chi connectivity index (χ0v) is 21.7. The van der Waals surface area contributed by atoms with Gasteiger partial charge in [0.2, 0.25) is 5.88 Å². The summed E-state index contributed by atoms with van der Waals surface area (Å²) in [6, 6.07) is 5.96. The zero-order chi connectivity index (χ0) is 26.2. The summed E-state index contributed by atoms with van der Waals surface area (Å²) in [5.41, 5.74) is 0.974. The third-order valence-electron chi connectivity index (χ3n) is 7.01. The summed E-state index contributed by atoms with van der Waals surface area (Å²) in [5.74, 6) is -2.41. The predicted octanol–water partition coefficient (Wildman–Crippen LogP) is 6.35. The van der Waals surface area contributed by atoms with E-state index in [1.807, 2.05) is 6.07 Å². The molecule has 0 amide bonds. The van der Waals surface area contributed by atoms with Gasteiger partial charge in [0.15, 0.2) is 5.65 Å². The Balaban J connectivity index is 1.71. The summed E-state index contributed by atoms with van der Waals surface area (Å²) < 4.78 is 48.5. The second-order valence-corrected chi connectivity index (χ2v) is 9.94. The van der Waals surface area contributed by atoms with Crippen LogP contribution in [0.15, 0.2) is 24.3 Å². The average molecular weight is 502 g/mol. The van der Waals surface area contributed by atoms with Crippen LogP contribution in [0.1, 0.15) is 75.0 Å². The van der Waals surface area contributed by atoms with Crippen LogP contribution < -0.4 is 10.1 Å². The van der Waals surface area contributed by atoms with Crippen molar-refractivity contribution in [2.45, 2.75) is 71.4 Å². The molecule has 1 saturated heterocycles. The highest BCUT2D eigenvalue weighted by Crippen LogP contribution is 2.38. The van der Waals surface area contributed by atoms with Crippen LogP contribution in [0.25, 0.3) is 11.0 Å². The van der Waals surface area contributed by atoms with Gasteiger partial charge in [0, 0.05) is 24.1 Å². The minimum Gasteiger partial charge on any atom is -0.481 e. The number of fused-ring (bicyclic) bond motifs is 1. The number of nitrogens with one attached hydrogen (secondary N) is 1. The molecule has 0 aliphatic carbocycles. The molecule has 1 N–H and O–H groups in total. The molecule has 6 nitrogen and oxygen atoms in total. The second kappa shape index (κ2) is 10.2. The maximum atomic E-state index is 15.0. The Morgan fingerprint density at radius 3 is 2.42 bits per heavy atom. The van der Waals surface area contributed by atoms with Crippen molar-refractivity contribution in [3.05, 3.63) is 52.6 Å². The lowest BCUT2D eigenvalue weighted by Crippen LogP contribution is -2.37. The number of hydrogen-bond acceptors (Lipinski definition) is 6. The molecule has 1 fully saturated rings. The van der Waals surface area contributed by atoms with E-state index in [1.165, 1.54) is 12.1 Å². The van der Waals surface area contributed by atoms with Crippen molar-refractivity contribution in [3.63, 3.8) is 0 Å². The maximum absolute atomic E-state index is 15.0. The topological polar surface area (TPSA) is 63.2 Å². The number of halogens is 3. The number of aryl methyl sites for hydroxylation is 1. The van der Waals surface area contributed by atoms with Crippen molar-refractivity contribution in [1.29, 1.82) is 0 Å². The summed E-state index contributed by atoms with van der Waals surface area (Å²) in [6.07, 6.45) is 1.97. The standard InChI is InChI=1S/C27H34F3N5O/c1-15(2)35-12-10-18(11-13-35)20-14-21-24(32-17(4)33-25(21)34-26(20)36-6)31-16(3)19-8-7-9-22(23(19)28)27(5,29)30/h7-9,14-16,18H,10-13H2,1-6H3,(H,31,32,33,34)/t16-/m1/s1. The molecule has 3 aromatic rings. The predicted molar refractivity (Wildman–Crippen MR) is 135 cm³/mol. The Hall–Kier alpha value is -2.94. The molecule has 1 aliphatic rings. The number of anilines is 1. The molecule has 1 atom stereocenters. The highest BCUT2D eigenvalue weighted by Gasteiger charge is 2.31. The fourth-order valence-electron chi connectivity index (χ4n) is 4.96. The Morgan fingerprint density at radius 2 is 1.81 bits per heavy atom. The summed E-state index contributed by atoms with van der Waals surface area (Å²) in [4.78, 5) is 16.2. The number of aromatic nitrogens is 3. The van der Waals surface area contributed by atoms with E-state index in [4.69, 9.17) is 4.74 Å². The molecular weight excluding hydrogens is 467 g/mol. The number of piperidine rings is 1. The van der Waals surface area contributed by atoms with Crippen LogP contribution >= 0.6 is 0 Å². The zero-order valence-electron chi connectivity index (χ0n) is 21.7.